The zero-order valence-corrected chi connectivity index (χ0v) is 21.2. The smallest absolute Gasteiger partial charge is 0.253 e. The first-order valence-corrected chi connectivity index (χ1v) is 13.8. The van der Waals surface area contributed by atoms with Crippen LogP contribution >= 0.6 is 0 Å². The second-order valence-electron chi connectivity index (χ2n) is 10.2. The van der Waals surface area contributed by atoms with Crippen LogP contribution in [0.25, 0.3) is 6.08 Å². The van der Waals surface area contributed by atoms with Gasteiger partial charge in [0.25, 0.3) is 5.91 Å². The summed E-state index contributed by atoms with van der Waals surface area (Å²) < 4.78 is 27.6. The summed E-state index contributed by atoms with van der Waals surface area (Å²) in [7, 11) is -3.56. The third-order valence-electron chi connectivity index (χ3n) is 7.78. The zero-order valence-electron chi connectivity index (χ0n) is 20.4. The maximum absolute atomic E-state index is 13.0. The standard InChI is InChI=1S/C26H37N3O3S/c1-5-21-16-19(3)23(20(4)17-21)10-15-33(31,32)29-13-11-26(12-14-29)25(30)27-24(28-26)22-8-6-18(2)7-9-22/h10,15-18,22H,5-9,11-14H2,1-4H3,(H,27,28,30)/b15-10+. The molecule has 1 N–H and O–H groups in total. The minimum absolute atomic E-state index is 0.0500. The Morgan fingerprint density at radius 3 is 2.30 bits per heavy atom. The van der Waals surface area contributed by atoms with Crippen LogP contribution in [0.5, 0.6) is 0 Å². The van der Waals surface area contributed by atoms with E-state index in [-0.39, 0.29) is 5.91 Å². The van der Waals surface area contributed by atoms with Crippen molar-refractivity contribution in [3.05, 3.63) is 39.8 Å². The summed E-state index contributed by atoms with van der Waals surface area (Å²) in [5, 5.41) is 4.37. The number of carbonyl (C=O) groups is 1. The van der Waals surface area contributed by atoms with Gasteiger partial charge in [-0.3, -0.25) is 9.79 Å². The summed E-state index contributed by atoms with van der Waals surface area (Å²) >= 11 is 0. The molecule has 7 heteroatoms. The monoisotopic (exact) mass is 471 g/mol. The Balaban J connectivity index is 1.44. The van der Waals surface area contributed by atoms with Crippen molar-refractivity contribution in [2.45, 2.75) is 78.2 Å². The molecule has 3 aliphatic rings. The number of piperidine rings is 1. The van der Waals surface area contributed by atoms with Crippen LogP contribution in [-0.4, -0.2) is 43.1 Å². The van der Waals surface area contributed by atoms with Crippen LogP contribution in [-0.2, 0) is 21.2 Å². The molecule has 0 atom stereocenters. The highest BCUT2D eigenvalue weighted by Gasteiger charge is 2.48. The van der Waals surface area contributed by atoms with Crippen molar-refractivity contribution < 1.29 is 13.2 Å². The van der Waals surface area contributed by atoms with Crippen LogP contribution in [0.4, 0.5) is 0 Å². The fourth-order valence-electron chi connectivity index (χ4n) is 5.49. The molecule has 180 valence electrons. The average Bonchev–Trinajstić information content (AvgIpc) is 3.09. The average molecular weight is 472 g/mol. The largest absolute Gasteiger partial charge is 0.312 e. The predicted octanol–water partition coefficient (Wildman–Crippen LogP) is 4.36. The Morgan fingerprint density at radius 1 is 1.12 bits per heavy atom. The van der Waals surface area contributed by atoms with E-state index in [1.54, 1.807) is 6.08 Å². The number of amides is 1. The molecule has 1 amide bonds. The molecular formula is C26H37N3O3S. The van der Waals surface area contributed by atoms with Gasteiger partial charge < -0.3 is 5.32 Å². The van der Waals surface area contributed by atoms with E-state index >= 15 is 0 Å². The van der Waals surface area contributed by atoms with E-state index in [0.717, 1.165) is 47.7 Å². The number of rotatable bonds is 5. The van der Waals surface area contributed by atoms with Crippen molar-refractivity contribution in [2.75, 3.05) is 13.1 Å². The third-order valence-corrected chi connectivity index (χ3v) is 9.34. The van der Waals surface area contributed by atoms with Gasteiger partial charge in [-0.05, 0) is 80.2 Å². The number of sulfonamides is 1. The van der Waals surface area contributed by atoms with Gasteiger partial charge in [-0.25, -0.2) is 8.42 Å². The molecular weight excluding hydrogens is 434 g/mol. The predicted molar refractivity (Wildman–Crippen MR) is 133 cm³/mol. The second kappa shape index (κ2) is 9.34. The lowest BCUT2D eigenvalue weighted by Crippen LogP contribution is -2.50. The summed E-state index contributed by atoms with van der Waals surface area (Å²) in [4.78, 5) is 17.7. The van der Waals surface area contributed by atoms with Crippen molar-refractivity contribution in [3.8, 4) is 0 Å². The Labute approximate surface area is 198 Å². The van der Waals surface area contributed by atoms with E-state index in [1.165, 1.54) is 28.1 Å². The van der Waals surface area contributed by atoms with Gasteiger partial charge in [-0.15, -0.1) is 0 Å². The normalized spacial score (nSPS) is 26.1. The summed E-state index contributed by atoms with van der Waals surface area (Å²) in [5.41, 5.74) is 3.58. The van der Waals surface area contributed by atoms with E-state index < -0.39 is 15.6 Å². The van der Waals surface area contributed by atoms with E-state index in [1.807, 2.05) is 13.8 Å². The van der Waals surface area contributed by atoms with Gasteiger partial charge in [0.05, 0.1) is 0 Å². The van der Waals surface area contributed by atoms with Gasteiger partial charge in [-0.1, -0.05) is 38.8 Å². The van der Waals surface area contributed by atoms with Crippen LogP contribution in [0, 0.1) is 25.7 Å². The fourth-order valence-corrected chi connectivity index (χ4v) is 6.66. The van der Waals surface area contributed by atoms with Crippen molar-refractivity contribution >= 4 is 27.8 Å². The van der Waals surface area contributed by atoms with Gasteiger partial charge in [0.2, 0.25) is 10.0 Å². The van der Waals surface area contributed by atoms with Gasteiger partial charge in [0.15, 0.2) is 0 Å². The molecule has 0 bridgehead atoms. The Kier molecular flexibility index (Phi) is 6.83. The molecule has 0 aromatic heterocycles. The minimum Gasteiger partial charge on any atom is -0.312 e. The first kappa shape index (κ1) is 24.1. The lowest BCUT2D eigenvalue weighted by molar-refractivity contribution is -0.124. The van der Waals surface area contributed by atoms with Gasteiger partial charge in [0.1, 0.15) is 11.4 Å². The van der Waals surface area contributed by atoms with Crippen molar-refractivity contribution in [1.82, 2.24) is 9.62 Å². The zero-order chi connectivity index (χ0) is 23.8. The van der Waals surface area contributed by atoms with Crippen LogP contribution in [0.15, 0.2) is 22.5 Å². The highest BCUT2D eigenvalue weighted by Crippen LogP contribution is 2.36. The van der Waals surface area contributed by atoms with Crippen LogP contribution in [0.2, 0.25) is 0 Å². The fraction of sp³-hybridized carbons (Fsp3) is 0.615. The first-order valence-electron chi connectivity index (χ1n) is 12.3. The maximum atomic E-state index is 13.0. The summed E-state index contributed by atoms with van der Waals surface area (Å²) in [6.07, 6.45) is 8.02. The van der Waals surface area contributed by atoms with Gasteiger partial charge >= 0.3 is 0 Å². The summed E-state index contributed by atoms with van der Waals surface area (Å²) in [6, 6.07) is 4.23. The van der Waals surface area contributed by atoms with Crippen LogP contribution in [0.3, 0.4) is 0 Å². The van der Waals surface area contributed by atoms with Crippen molar-refractivity contribution in [1.29, 1.82) is 0 Å². The third kappa shape index (κ3) is 4.94. The molecule has 2 fully saturated rings. The van der Waals surface area contributed by atoms with Crippen molar-refractivity contribution in [3.63, 3.8) is 0 Å². The molecule has 0 unspecified atom stereocenters. The lowest BCUT2D eigenvalue weighted by atomic mass is 9.82. The first-order chi connectivity index (χ1) is 15.6. The van der Waals surface area contributed by atoms with Gasteiger partial charge in [0, 0.05) is 24.4 Å². The minimum atomic E-state index is -3.56. The lowest BCUT2D eigenvalue weighted by Gasteiger charge is -2.34. The number of aliphatic imine (C=N–C) groups is 1. The molecule has 2 aliphatic heterocycles. The Bertz CT molecular complexity index is 1050. The van der Waals surface area contributed by atoms with E-state index in [4.69, 9.17) is 4.99 Å². The topological polar surface area (TPSA) is 78.8 Å². The maximum Gasteiger partial charge on any atom is 0.253 e. The quantitative estimate of drug-likeness (QED) is 0.693. The molecule has 1 saturated heterocycles. The van der Waals surface area contributed by atoms with Gasteiger partial charge in [-0.2, -0.15) is 4.31 Å². The number of nitrogens with zero attached hydrogens (tertiary/aromatic N) is 2. The highest BCUT2D eigenvalue weighted by molar-refractivity contribution is 7.92. The number of amidine groups is 1. The van der Waals surface area contributed by atoms with E-state index in [0.29, 0.717) is 31.8 Å². The molecule has 1 aliphatic carbocycles. The highest BCUT2D eigenvalue weighted by atomic mass is 32.2. The molecule has 1 spiro atoms. The van der Waals surface area contributed by atoms with E-state index in [2.05, 4.69) is 31.3 Å². The molecule has 1 aromatic carbocycles. The molecule has 6 nitrogen and oxygen atoms in total. The summed E-state index contributed by atoms with van der Waals surface area (Å²) in [5.74, 6) is 1.86. The number of aryl methyl sites for hydroxylation is 3. The Hall–Kier alpha value is -1.99. The van der Waals surface area contributed by atoms with Crippen LogP contribution in [0.1, 0.15) is 74.6 Å². The molecule has 1 saturated carbocycles. The molecule has 0 radical (unpaired) electrons. The van der Waals surface area contributed by atoms with Crippen LogP contribution < -0.4 is 5.32 Å². The number of hydrogen-bond donors (Lipinski definition) is 1. The second-order valence-corrected chi connectivity index (χ2v) is 12.0. The van der Waals surface area contributed by atoms with E-state index in [9.17, 15) is 13.2 Å². The van der Waals surface area contributed by atoms with Crippen molar-refractivity contribution in [2.24, 2.45) is 16.8 Å². The molecule has 1 aromatic rings. The molecule has 4 rings (SSSR count). The summed E-state index contributed by atoms with van der Waals surface area (Å²) in [6.45, 7) is 9.05. The molecule has 33 heavy (non-hydrogen) atoms. The Morgan fingerprint density at radius 2 is 1.73 bits per heavy atom. The number of benzene rings is 1. The molecule has 2 heterocycles. The number of hydrogen-bond acceptors (Lipinski definition) is 4. The number of nitrogens with one attached hydrogen (secondary N) is 1. The SMILES string of the molecule is CCc1cc(C)c(/C=C/S(=O)(=O)N2CCC3(CC2)N=C(C2CCC(C)CC2)NC3=O)c(C)c1. The number of carbonyl (C=O) groups excluding carboxylic acids is 1.